The van der Waals surface area contributed by atoms with E-state index >= 15 is 0 Å². The van der Waals surface area contributed by atoms with Crippen LogP contribution in [0.2, 0.25) is 0 Å². The Kier molecular flexibility index (Phi) is 4.05. The highest BCUT2D eigenvalue weighted by Crippen LogP contribution is 2.34. The van der Waals surface area contributed by atoms with Crippen molar-refractivity contribution in [3.63, 3.8) is 0 Å². The van der Waals surface area contributed by atoms with Crippen LogP contribution in [0.3, 0.4) is 0 Å². The van der Waals surface area contributed by atoms with Gasteiger partial charge in [0.05, 0.1) is 12.7 Å². The van der Waals surface area contributed by atoms with Crippen LogP contribution in [0.25, 0.3) is 11.4 Å². The third kappa shape index (κ3) is 2.73. The lowest BCUT2D eigenvalue weighted by atomic mass is 9.89. The van der Waals surface area contributed by atoms with E-state index in [4.69, 9.17) is 4.74 Å². The molecule has 4 nitrogen and oxygen atoms in total. The molecule has 0 amide bonds. The summed E-state index contributed by atoms with van der Waals surface area (Å²) in [6, 6.07) is 5.90. The van der Waals surface area contributed by atoms with Gasteiger partial charge in [-0.25, -0.2) is 4.98 Å². The quantitative estimate of drug-likeness (QED) is 0.910. The van der Waals surface area contributed by atoms with E-state index in [0.717, 1.165) is 27.4 Å². The van der Waals surface area contributed by atoms with Crippen LogP contribution in [0.4, 0.5) is 0 Å². The van der Waals surface area contributed by atoms with Gasteiger partial charge >= 0.3 is 0 Å². The largest absolute Gasteiger partial charge is 0.496 e. The summed E-state index contributed by atoms with van der Waals surface area (Å²) < 4.78 is 6.40. The molecule has 1 aliphatic rings. The zero-order chi connectivity index (χ0) is 13.9. The number of ether oxygens (including phenoxy) is 1. The standard InChI is InChI=1S/C15H18BrN3O/c1-20-13-9-11(16)7-8-12(13)15-17-14(18-19-15)10-5-3-2-4-6-10/h7-10H,2-6H2,1H3,(H,17,18,19). The van der Waals surface area contributed by atoms with Crippen LogP contribution in [0.1, 0.15) is 43.8 Å². The summed E-state index contributed by atoms with van der Waals surface area (Å²) in [7, 11) is 1.67. The van der Waals surface area contributed by atoms with Crippen LogP contribution in [0.5, 0.6) is 5.75 Å². The summed E-state index contributed by atoms with van der Waals surface area (Å²) in [4.78, 5) is 4.68. The van der Waals surface area contributed by atoms with Gasteiger partial charge in [-0.05, 0) is 31.0 Å². The molecule has 0 spiro atoms. The van der Waals surface area contributed by atoms with Crippen molar-refractivity contribution in [2.75, 3.05) is 7.11 Å². The minimum Gasteiger partial charge on any atom is -0.496 e. The van der Waals surface area contributed by atoms with Gasteiger partial charge in [0, 0.05) is 10.4 Å². The van der Waals surface area contributed by atoms with Crippen molar-refractivity contribution in [2.45, 2.75) is 38.0 Å². The molecular formula is C15H18BrN3O. The topological polar surface area (TPSA) is 50.8 Å². The van der Waals surface area contributed by atoms with Crippen molar-refractivity contribution in [2.24, 2.45) is 0 Å². The molecule has 1 saturated carbocycles. The van der Waals surface area contributed by atoms with E-state index in [0.29, 0.717) is 5.92 Å². The molecule has 20 heavy (non-hydrogen) atoms. The predicted octanol–water partition coefficient (Wildman–Crippen LogP) is 4.29. The summed E-state index contributed by atoms with van der Waals surface area (Å²) in [5.74, 6) is 3.06. The second-order valence-corrected chi connectivity index (χ2v) is 6.14. The second kappa shape index (κ2) is 5.95. The number of hydrogen-bond acceptors (Lipinski definition) is 3. The van der Waals surface area contributed by atoms with Crippen LogP contribution < -0.4 is 4.74 Å². The molecule has 1 N–H and O–H groups in total. The lowest BCUT2D eigenvalue weighted by molar-refractivity contribution is 0.416. The first-order valence-electron chi connectivity index (χ1n) is 7.04. The maximum atomic E-state index is 5.41. The third-order valence-corrected chi connectivity index (χ3v) is 4.39. The van der Waals surface area contributed by atoms with E-state index in [2.05, 4.69) is 31.1 Å². The highest BCUT2D eigenvalue weighted by molar-refractivity contribution is 9.10. The molecule has 0 radical (unpaired) electrons. The molecule has 3 rings (SSSR count). The molecule has 1 heterocycles. The monoisotopic (exact) mass is 335 g/mol. The Labute approximate surface area is 127 Å². The number of methoxy groups -OCH3 is 1. The van der Waals surface area contributed by atoms with Crippen molar-refractivity contribution in [1.82, 2.24) is 15.2 Å². The fourth-order valence-corrected chi connectivity index (χ4v) is 3.14. The van der Waals surface area contributed by atoms with Gasteiger partial charge in [0.25, 0.3) is 0 Å². The summed E-state index contributed by atoms with van der Waals surface area (Å²) >= 11 is 3.45. The first kappa shape index (κ1) is 13.6. The fourth-order valence-electron chi connectivity index (χ4n) is 2.80. The number of H-pyrrole nitrogens is 1. The van der Waals surface area contributed by atoms with E-state index < -0.39 is 0 Å². The first-order valence-corrected chi connectivity index (χ1v) is 7.83. The van der Waals surface area contributed by atoms with E-state index in [9.17, 15) is 0 Å². The maximum Gasteiger partial charge on any atom is 0.184 e. The summed E-state index contributed by atoms with van der Waals surface area (Å²) in [5.41, 5.74) is 0.925. The van der Waals surface area contributed by atoms with Gasteiger partial charge in [-0.3, -0.25) is 5.10 Å². The fraction of sp³-hybridized carbons (Fsp3) is 0.467. The van der Waals surface area contributed by atoms with Crippen LogP contribution in [0, 0.1) is 0 Å². The molecular weight excluding hydrogens is 318 g/mol. The molecule has 1 fully saturated rings. The lowest BCUT2D eigenvalue weighted by Crippen LogP contribution is -2.06. The number of hydrogen-bond donors (Lipinski definition) is 1. The van der Waals surface area contributed by atoms with Crippen molar-refractivity contribution >= 4 is 15.9 Å². The van der Waals surface area contributed by atoms with Crippen molar-refractivity contribution in [1.29, 1.82) is 0 Å². The van der Waals surface area contributed by atoms with Crippen LogP contribution in [0.15, 0.2) is 22.7 Å². The molecule has 0 unspecified atom stereocenters. The molecule has 106 valence electrons. The highest BCUT2D eigenvalue weighted by Gasteiger charge is 2.20. The Morgan fingerprint density at radius 1 is 1.25 bits per heavy atom. The molecule has 0 saturated heterocycles. The average molecular weight is 336 g/mol. The summed E-state index contributed by atoms with van der Waals surface area (Å²) in [5, 5.41) is 7.48. The highest BCUT2D eigenvalue weighted by atomic mass is 79.9. The Hall–Kier alpha value is -1.36. The smallest absolute Gasteiger partial charge is 0.184 e. The number of rotatable bonds is 3. The van der Waals surface area contributed by atoms with E-state index in [1.54, 1.807) is 7.11 Å². The van der Waals surface area contributed by atoms with Gasteiger partial charge in [0.2, 0.25) is 0 Å². The van der Waals surface area contributed by atoms with Crippen LogP contribution in [-0.4, -0.2) is 22.3 Å². The van der Waals surface area contributed by atoms with Gasteiger partial charge in [-0.1, -0.05) is 35.2 Å². The maximum absolute atomic E-state index is 5.41. The summed E-state index contributed by atoms with van der Waals surface area (Å²) in [6.45, 7) is 0. The molecule has 0 bridgehead atoms. The molecule has 5 heteroatoms. The van der Waals surface area contributed by atoms with Crippen molar-refractivity contribution < 1.29 is 4.74 Å². The zero-order valence-corrected chi connectivity index (χ0v) is 13.1. The number of aromatic nitrogens is 3. The van der Waals surface area contributed by atoms with Crippen molar-refractivity contribution in [3.05, 3.63) is 28.5 Å². The predicted molar refractivity (Wildman–Crippen MR) is 81.9 cm³/mol. The Balaban J connectivity index is 1.89. The molecule has 0 aliphatic heterocycles. The number of nitrogens with zero attached hydrogens (tertiary/aromatic N) is 2. The van der Waals surface area contributed by atoms with Crippen molar-refractivity contribution in [3.8, 4) is 17.1 Å². The van der Waals surface area contributed by atoms with E-state index in [1.165, 1.54) is 32.1 Å². The second-order valence-electron chi connectivity index (χ2n) is 5.22. The molecule has 1 aliphatic carbocycles. The van der Waals surface area contributed by atoms with Crippen LogP contribution in [-0.2, 0) is 0 Å². The summed E-state index contributed by atoms with van der Waals surface area (Å²) in [6.07, 6.45) is 6.36. The zero-order valence-electron chi connectivity index (χ0n) is 11.5. The number of halogens is 1. The van der Waals surface area contributed by atoms with Gasteiger partial charge < -0.3 is 4.74 Å². The minimum absolute atomic E-state index is 0.534. The minimum atomic E-state index is 0.534. The van der Waals surface area contributed by atoms with Gasteiger partial charge in [-0.15, -0.1) is 0 Å². The van der Waals surface area contributed by atoms with Gasteiger partial charge in [0.1, 0.15) is 11.6 Å². The van der Waals surface area contributed by atoms with E-state index in [1.807, 2.05) is 18.2 Å². The first-order chi connectivity index (χ1) is 9.78. The number of benzene rings is 1. The Morgan fingerprint density at radius 3 is 2.80 bits per heavy atom. The molecule has 1 aromatic heterocycles. The number of aromatic amines is 1. The molecule has 0 atom stereocenters. The average Bonchev–Trinajstić information content (AvgIpc) is 2.97. The Morgan fingerprint density at radius 2 is 2.05 bits per heavy atom. The Bertz CT molecular complexity index is 591. The third-order valence-electron chi connectivity index (χ3n) is 3.90. The van der Waals surface area contributed by atoms with Crippen LogP contribution >= 0.6 is 15.9 Å². The van der Waals surface area contributed by atoms with Gasteiger partial charge in [-0.2, -0.15) is 5.10 Å². The SMILES string of the molecule is COc1cc(Br)ccc1-c1n[nH]c(C2CCCCC2)n1. The van der Waals surface area contributed by atoms with E-state index in [-0.39, 0.29) is 0 Å². The molecule has 1 aromatic carbocycles. The lowest BCUT2D eigenvalue weighted by Gasteiger charge is -2.18. The molecule has 2 aromatic rings. The van der Waals surface area contributed by atoms with Gasteiger partial charge in [0.15, 0.2) is 5.82 Å². The normalized spacial score (nSPS) is 16.3. The number of nitrogens with one attached hydrogen (secondary N) is 1.